The van der Waals surface area contributed by atoms with E-state index in [0.29, 0.717) is 43.4 Å². The van der Waals surface area contributed by atoms with E-state index >= 15 is 0 Å². The third-order valence-corrected chi connectivity index (χ3v) is 5.75. The summed E-state index contributed by atoms with van der Waals surface area (Å²) in [4.78, 5) is 11.3. The quantitative estimate of drug-likeness (QED) is 0.655. The summed E-state index contributed by atoms with van der Waals surface area (Å²) in [5.74, 6) is -0.929. The number of aryl methyl sites for hydroxylation is 1. The molecule has 1 aliphatic heterocycles. The van der Waals surface area contributed by atoms with Crippen LogP contribution in [0.5, 0.6) is 0 Å². The van der Waals surface area contributed by atoms with Gasteiger partial charge in [0.05, 0.1) is 5.69 Å². The minimum atomic E-state index is -4.67. The summed E-state index contributed by atoms with van der Waals surface area (Å²) < 4.78 is 63.9. The van der Waals surface area contributed by atoms with Crippen molar-refractivity contribution in [2.75, 3.05) is 36.0 Å². The summed E-state index contributed by atoms with van der Waals surface area (Å²) in [6.07, 6.45) is -4.67. The van der Waals surface area contributed by atoms with E-state index in [0.717, 1.165) is 4.52 Å². The number of aromatic nitrogens is 4. The fourth-order valence-electron chi connectivity index (χ4n) is 3.45. The third kappa shape index (κ3) is 3.77. The van der Waals surface area contributed by atoms with Gasteiger partial charge in [-0.3, -0.25) is 0 Å². The molecule has 3 aromatic rings. The highest BCUT2D eigenvalue weighted by Crippen LogP contribution is 2.29. The van der Waals surface area contributed by atoms with Gasteiger partial charge in [-0.25, -0.2) is 18.5 Å². The number of benzene rings is 1. The van der Waals surface area contributed by atoms with Gasteiger partial charge in [-0.1, -0.05) is 12.1 Å². The van der Waals surface area contributed by atoms with Crippen molar-refractivity contribution in [1.82, 2.24) is 19.6 Å². The van der Waals surface area contributed by atoms with Gasteiger partial charge in [0.1, 0.15) is 10.7 Å². The van der Waals surface area contributed by atoms with E-state index in [2.05, 4.69) is 15.1 Å². The molecule has 13 heteroatoms. The van der Waals surface area contributed by atoms with Crippen molar-refractivity contribution in [1.29, 1.82) is 0 Å². The van der Waals surface area contributed by atoms with Crippen LogP contribution in [-0.2, 0) is 16.2 Å². The first kappa shape index (κ1) is 20.3. The van der Waals surface area contributed by atoms with Crippen molar-refractivity contribution in [2.24, 2.45) is 5.14 Å². The molecule has 0 radical (unpaired) electrons. The van der Waals surface area contributed by atoms with E-state index in [4.69, 9.17) is 5.14 Å². The van der Waals surface area contributed by atoms with E-state index in [9.17, 15) is 21.6 Å². The molecule has 30 heavy (non-hydrogen) atoms. The van der Waals surface area contributed by atoms with Crippen LogP contribution in [0.2, 0.25) is 0 Å². The Morgan fingerprint density at radius 1 is 1.03 bits per heavy atom. The van der Waals surface area contributed by atoms with Crippen LogP contribution in [-0.4, -0.2) is 54.2 Å². The molecule has 0 amide bonds. The number of hydrogen-bond donors (Lipinski definition) is 1. The van der Waals surface area contributed by atoms with Crippen LogP contribution in [0, 0.1) is 6.92 Å². The fourth-order valence-corrected chi connectivity index (χ4v) is 4.21. The van der Waals surface area contributed by atoms with Crippen molar-refractivity contribution in [3.8, 4) is 0 Å². The van der Waals surface area contributed by atoms with Crippen LogP contribution in [0.1, 0.15) is 11.5 Å². The second-order valence-electron chi connectivity index (χ2n) is 6.89. The number of halogens is 3. The maximum Gasteiger partial charge on any atom is 0.453 e. The molecule has 0 aliphatic carbocycles. The van der Waals surface area contributed by atoms with Crippen LogP contribution >= 0.6 is 0 Å². The van der Waals surface area contributed by atoms with E-state index in [1.165, 1.54) is 6.07 Å². The first-order chi connectivity index (χ1) is 14.0. The number of nitrogens with zero attached hydrogens (tertiary/aromatic N) is 6. The number of fused-ring (bicyclic) bond motifs is 1. The summed E-state index contributed by atoms with van der Waals surface area (Å²) in [5, 5.41) is 8.91. The Hall–Kier alpha value is -2.93. The molecular formula is C17H18F3N7O2S. The molecular weight excluding hydrogens is 423 g/mol. The molecule has 4 rings (SSSR count). The highest BCUT2D eigenvalue weighted by molar-refractivity contribution is 7.89. The third-order valence-electron chi connectivity index (χ3n) is 4.79. The summed E-state index contributed by atoms with van der Waals surface area (Å²) in [7, 11) is -3.89. The molecule has 0 unspecified atom stereocenters. The van der Waals surface area contributed by atoms with Crippen molar-refractivity contribution in [3.05, 3.63) is 41.9 Å². The van der Waals surface area contributed by atoms with Crippen molar-refractivity contribution < 1.29 is 21.6 Å². The summed E-state index contributed by atoms with van der Waals surface area (Å²) >= 11 is 0. The zero-order valence-corrected chi connectivity index (χ0v) is 16.7. The van der Waals surface area contributed by atoms with Gasteiger partial charge in [0.2, 0.25) is 10.0 Å². The average Bonchev–Trinajstić information content (AvgIpc) is 3.11. The lowest BCUT2D eigenvalue weighted by atomic mass is 10.2. The van der Waals surface area contributed by atoms with Gasteiger partial charge in [0.15, 0.2) is 0 Å². The summed E-state index contributed by atoms with van der Waals surface area (Å²) in [6, 6.07) is 8.09. The fraction of sp³-hybridized carbons (Fsp3) is 0.353. The molecule has 2 N–H and O–H groups in total. The van der Waals surface area contributed by atoms with Gasteiger partial charge in [0, 0.05) is 37.9 Å². The predicted molar refractivity (Wildman–Crippen MR) is 103 cm³/mol. The lowest BCUT2D eigenvalue weighted by Gasteiger charge is -2.37. The van der Waals surface area contributed by atoms with Crippen LogP contribution in [0.3, 0.4) is 0 Å². The monoisotopic (exact) mass is 441 g/mol. The Morgan fingerprint density at radius 3 is 2.30 bits per heavy atom. The highest BCUT2D eigenvalue weighted by Gasteiger charge is 2.37. The standard InChI is InChI=1S/C17H18F3N7O2S/c1-11-10-14(27-16(22-11)23-15(24-27)17(18,19)20)26-8-6-25(7-9-26)12-4-2-3-5-13(12)30(21,28)29/h2-5,10H,6-9H2,1H3,(H2,21,28,29). The number of rotatable bonds is 3. The Bertz CT molecular complexity index is 1200. The largest absolute Gasteiger partial charge is 0.453 e. The molecule has 0 atom stereocenters. The number of piperazine rings is 1. The average molecular weight is 441 g/mol. The number of anilines is 2. The van der Waals surface area contributed by atoms with Crippen LogP contribution in [0.25, 0.3) is 5.78 Å². The smallest absolute Gasteiger partial charge is 0.367 e. The van der Waals surface area contributed by atoms with Crippen LogP contribution in [0.15, 0.2) is 35.2 Å². The molecule has 2 aromatic heterocycles. The number of nitrogens with two attached hydrogens (primary N) is 1. The second-order valence-corrected chi connectivity index (χ2v) is 8.42. The van der Waals surface area contributed by atoms with Crippen molar-refractivity contribution >= 4 is 27.3 Å². The summed E-state index contributed by atoms with van der Waals surface area (Å²) in [5.41, 5.74) is 1.01. The molecule has 0 spiro atoms. The Balaban J connectivity index is 1.63. The number of alkyl halides is 3. The normalized spacial score (nSPS) is 15.8. The van der Waals surface area contributed by atoms with E-state index in [1.807, 2.05) is 9.80 Å². The Morgan fingerprint density at radius 2 is 1.67 bits per heavy atom. The van der Waals surface area contributed by atoms with Gasteiger partial charge in [0.25, 0.3) is 11.6 Å². The number of hydrogen-bond acceptors (Lipinski definition) is 7. The van der Waals surface area contributed by atoms with E-state index in [-0.39, 0.29) is 10.7 Å². The van der Waals surface area contributed by atoms with Crippen LogP contribution < -0.4 is 14.9 Å². The molecule has 1 fully saturated rings. The van der Waals surface area contributed by atoms with Gasteiger partial charge in [-0.05, 0) is 19.1 Å². The number of primary sulfonamides is 1. The number of para-hydroxylation sites is 1. The van der Waals surface area contributed by atoms with Crippen molar-refractivity contribution in [2.45, 2.75) is 18.0 Å². The molecule has 160 valence electrons. The lowest BCUT2D eigenvalue weighted by Crippen LogP contribution is -2.47. The molecule has 1 saturated heterocycles. The first-order valence-corrected chi connectivity index (χ1v) is 10.5. The zero-order chi connectivity index (χ0) is 21.7. The summed E-state index contributed by atoms with van der Waals surface area (Å²) in [6.45, 7) is 3.41. The highest BCUT2D eigenvalue weighted by atomic mass is 32.2. The predicted octanol–water partition coefficient (Wildman–Crippen LogP) is 1.43. The van der Waals surface area contributed by atoms with E-state index in [1.54, 1.807) is 31.2 Å². The van der Waals surface area contributed by atoms with Gasteiger partial charge in [-0.2, -0.15) is 22.7 Å². The zero-order valence-electron chi connectivity index (χ0n) is 15.8. The molecule has 1 aliphatic rings. The molecule has 9 nitrogen and oxygen atoms in total. The molecule has 0 bridgehead atoms. The molecule has 0 saturated carbocycles. The van der Waals surface area contributed by atoms with Gasteiger partial charge >= 0.3 is 6.18 Å². The van der Waals surface area contributed by atoms with Crippen molar-refractivity contribution in [3.63, 3.8) is 0 Å². The Labute approximate surface area is 170 Å². The second kappa shape index (κ2) is 7.09. The SMILES string of the molecule is Cc1cc(N2CCN(c3ccccc3S(N)(=O)=O)CC2)n2nc(C(F)(F)F)nc2n1. The maximum atomic E-state index is 13.0. The topological polar surface area (TPSA) is 110 Å². The molecule has 3 heterocycles. The minimum Gasteiger partial charge on any atom is -0.367 e. The van der Waals surface area contributed by atoms with Gasteiger partial charge in [-0.15, -0.1) is 5.10 Å². The molecule has 1 aromatic carbocycles. The number of sulfonamides is 1. The lowest BCUT2D eigenvalue weighted by molar-refractivity contribution is -0.144. The van der Waals surface area contributed by atoms with Crippen LogP contribution in [0.4, 0.5) is 24.7 Å². The van der Waals surface area contributed by atoms with Gasteiger partial charge < -0.3 is 9.80 Å². The minimum absolute atomic E-state index is 0.0340. The van der Waals surface area contributed by atoms with E-state index < -0.39 is 22.0 Å². The first-order valence-electron chi connectivity index (χ1n) is 8.97. The Kier molecular flexibility index (Phi) is 4.81. The maximum absolute atomic E-state index is 13.0.